The van der Waals surface area contributed by atoms with Crippen molar-refractivity contribution in [2.75, 3.05) is 11.4 Å². The van der Waals surface area contributed by atoms with Gasteiger partial charge < -0.3 is 10.0 Å². The highest BCUT2D eigenvalue weighted by atomic mass is 35.5. The zero-order valence-corrected chi connectivity index (χ0v) is 16.5. The van der Waals surface area contributed by atoms with Crippen LogP contribution in [0.2, 0.25) is 10.0 Å². The molecule has 3 rings (SSSR count). The topological polar surface area (TPSA) is 118 Å². The van der Waals surface area contributed by atoms with E-state index < -0.39 is 32.0 Å². The van der Waals surface area contributed by atoms with Crippen molar-refractivity contribution in [3.8, 4) is 0 Å². The van der Waals surface area contributed by atoms with E-state index in [0.717, 1.165) is 0 Å². The molecule has 0 aliphatic carbocycles. The van der Waals surface area contributed by atoms with Gasteiger partial charge in [0.2, 0.25) is 0 Å². The standard InChI is InChI=1S/C17H14Cl2N2O6S/c18-10-5-6-16(12(19)7-10)28(26,27)11-8-15(17(22)23)20(9-11)13-3-1-2-4-14(13)21(24)25/h1-7,11,15H,8-9H2,(H,22,23). The van der Waals surface area contributed by atoms with E-state index in [-0.39, 0.29) is 39.3 Å². The summed E-state index contributed by atoms with van der Waals surface area (Å²) >= 11 is 11.8. The van der Waals surface area contributed by atoms with Crippen molar-refractivity contribution >= 4 is 50.4 Å². The summed E-state index contributed by atoms with van der Waals surface area (Å²) in [6.07, 6.45) is -0.233. The van der Waals surface area contributed by atoms with Crippen LogP contribution in [-0.2, 0) is 14.6 Å². The van der Waals surface area contributed by atoms with Gasteiger partial charge in [-0.15, -0.1) is 0 Å². The molecule has 0 saturated carbocycles. The van der Waals surface area contributed by atoms with E-state index in [4.69, 9.17) is 23.2 Å². The Labute approximate surface area is 170 Å². The number of benzene rings is 2. The van der Waals surface area contributed by atoms with Gasteiger partial charge in [-0.2, -0.15) is 0 Å². The van der Waals surface area contributed by atoms with Gasteiger partial charge in [0.25, 0.3) is 5.69 Å². The van der Waals surface area contributed by atoms with Gasteiger partial charge in [-0.05, 0) is 30.7 Å². The Morgan fingerprint density at radius 3 is 2.50 bits per heavy atom. The van der Waals surface area contributed by atoms with E-state index in [0.29, 0.717) is 0 Å². The molecule has 2 aromatic carbocycles. The average molecular weight is 445 g/mol. The van der Waals surface area contributed by atoms with Gasteiger partial charge in [-0.25, -0.2) is 13.2 Å². The number of nitro groups is 1. The fourth-order valence-electron chi connectivity index (χ4n) is 3.27. The lowest BCUT2D eigenvalue weighted by Gasteiger charge is -2.23. The molecular weight excluding hydrogens is 431 g/mol. The molecule has 0 bridgehead atoms. The summed E-state index contributed by atoms with van der Waals surface area (Å²) in [5.74, 6) is -1.27. The third-order valence-corrected chi connectivity index (χ3v) is 7.42. The summed E-state index contributed by atoms with van der Waals surface area (Å²) < 4.78 is 26.1. The third kappa shape index (κ3) is 3.65. The van der Waals surface area contributed by atoms with Crippen molar-refractivity contribution in [2.24, 2.45) is 0 Å². The zero-order valence-electron chi connectivity index (χ0n) is 14.2. The second kappa shape index (κ2) is 7.57. The highest BCUT2D eigenvalue weighted by Crippen LogP contribution is 2.38. The molecule has 0 aromatic heterocycles. The van der Waals surface area contributed by atoms with Gasteiger partial charge in [0.15, 0.2) is 9.84 Å². The summed E-state index contributed by atoms with van der Waals surface area (Å²) in [5, 5.41) is 20.0. The van der Waals surface area contributed by atoms with E-state index >= 15 is 0 Å². The van der Waals surface area contributed by atoms with Crippen LogP contribution in [0.3, 0.4) is 0 Å². The fourth-order valence-corrected chi connectivity index (χ4v) is 5.74. The fraction of sp³-hybridized carbons (Fsp3) is 0.235. The second-order valence-electron chi connectivity index (χ2n) is 6.23. The van der Waals surface area contributed by atoms with Gasteiger partial charge in [0, 0.05) is 17.6 Å². The molecule has 1 saturated heterocycles. The number of para-hydroxylation sites is 2. The summed E-state index contributed by atoms with van der Waals surface area (Å²) in [5.41, 5.74) is -0.240. The molecule has 11 heteroatoms. The predicted molar refractivity (Wildman–Crippen MR) is 104 cm³/mol. The van der Waals surface area contributed by atoms with Gasteiger partial charge in [0.1, 0.15) is 11.7 Å². The Morgan fingerprint density at radius 2 is 1.89 bits per heavy atom. The SMILES string of the molecule is O=C(O)C1CC(S(=O)(=O)c2ccc(Cl)cc2Cl)CN1c1ccccc1[N+](=O)[O-]. The summed E-state index contributed by atoms with van der Waals surface area (Å²) in [4.78, 5) is 23.5. The molecule has 2 unspecified atom stereocenters. The maximum absolute atomic E-state index is 13.0. The number of carboxylic acid groups (broad SMARTS) is 1. The quantitative estimate of drug-likeness (QED) is 0.554. The number of nitro benzene ring substituents is 1. The van der Waals surface area contributed by atoms with Gasteiger partial charge in [-0.1, -0.05) is 35.3 Å². The molecule has 28 heavy (non-hydrogen) atoms. The number of hydrogen-bond acceptors (Lipinski definition) is 6. The maximum atomic E-state index is 13.0. The van der Waals surface area contributed by atoms with E-state index in [1.165, 1.54) is 47.4 Å². The minimum absolute atomic E-state index is 0.0554. The minimum atomic E-state index is -3.99. The van der Waals surface area contributed by atoms with Crippen LogP contribution in [0.4, 0.5) is 11.4 Å². The molecule has 1 aliphatic heterocycles. The molecule has 0 amide bonds. The molecular formula is C17H14Cl2N2O6S. The first-order chi connectivity index (χ1) is 13.1. The molecule has 1 fully saturated rings. The number of aliphatic carboxylic acids is 1. The van der Waals surface area contributed by atoms with Crippen LogP contribution in [0.15, 0.2) is 47.4 Å². The molecule has 8 nitrogen and oxygen atoms in total. The highest BCUT2D eigenvalue weighted by Gasteiger charge is 2.45. The van der Waals surface area contributed by atoms with Crippen LogP contribution < -0.4 is 4.90 Å². The Morgan fingerprint density at radius 1 is 1.21 bits per heavy atom. The molecule has 1 N–H and O–H groups in total. The third-order valence-electron chi connectivity index (χ3n) is 4.57. The van der Waals surface area contributed by atoms with Crippen LogP contribution in [0, 0.1) is 10.1 Å². The van der Waals surface area contributed by atoms with E-state index in [1.807, 2.05) is 0 Å². The molecule has 1 aliphatic rings. The number of anilines is 1. The lowest BCUT2D eigenvalue weighted by atomic mass is 10.2. The van der Waals surface area contributed by atoms with Crippen molar-refractivity contribution in [3.63, 3.8) is 0 Å². The number of rotatable bonds is 5. The van der Waals surface area contributed by atoms with E-state index in [2.05, 4.69) is 0 Å². The lowest BCUT2D eigenvalue weighted by molar-refractivity contribution is -0.384. The largest absolute Gasteiger partial charge is 0.480 e. The van der Waals surface area contributed by atoms with E-state index in [9.17, 15) is 28.4 Å². The van der Waals surface area contributed by atoms with Crippen molar-refractivity contribution in [1.29, 1.82) is 0 Å². The van der Waals surface area contributed by atoms with Gasteiger partial charge >= 0.3 is 5.97 Å². The average Bonchev–Trinajstić information content (AvgIpc) is 3.07. The first-order valence-corrected chi connectivity index (χ1v) is 10.3. The summed E-state index contributed by atoms with van der Waals surface area (Å²) in [7, 11) is -3.99. The first-order valence-electron chi connectivity index (χ1n) is 8.04. The Kier molecular flexibility index (Phi) is 5.51. The van der Waals surface area contributed by atoms with Gasteiger partial charge in [0.05, 0.1) is 20.1 Å². The van der Waals surface area contributed by atoms with Crippen LogP contribution in [0.1, 0.15) is 6.42 Å². The highest BCUT2D eigenvalue weighted by molar-refractivity contribution is 7.92. The Hall–Kier alpha value is -2.36. The normalized spacial score (nSPS) is 19.6. The van der Waals surface area contributed by atoms with Crippen LogP contribution in [0.25, 0.3) is 0 Å². The van der Waals surface area contributed by atoms with Crippen molar-refractivity contribution < 1.29 is 23.2 Å². The van der Waals surface area contributed by atoms with Crippen molar-refractivity contribution in [1.82, 2.24) is 0 Å². The zero-order chi connectivity index (χ0) is 20.6. The Balaban J connectivity index is 2.03. The van der Waals surface area contributed by atoms with Crippen LogP contribution >= 0.6 is 23.2 Å². The van der Waals surface area contributed by atoms with E-state index in [1.54, 1.807) is 0 Å². The molecule has 1 heterocycles. The van der Waals surface area contributed by atoms with Crippen LogP contribution in [0.5, 0.6) is 0 Å². The lowest BCUT2D eigenvalue weighted by Crippen LogP contribution is -2.36. The second-order valence-corrected chi connectivity index (χ2v) is 9.27. The van der Waals surface area contributed by atoms with Crippen molar-refractivity contribution in [2.45, 2.75) is 22.6 Å². The predicted octanol–water partition coefficient (Wildman–Crippen LogP) is 3.41. The maximum Gasteiger partial charge on any atom is 0.326 e. The summed E-state index contributed by atoms with van der Waals surface area (Å²) in [6, 6.07) is 8.33. The number of hydrogen-bond donors (Lipinski definition) is 1. The number of halogens is 2. The summed E-state index contributed by atoms with van der Waals surface area (Å²) in [6.45, 7) is -0.219. The molecule has 0 spiro atoms. The smallest absolute Gasteiger partial charge is 0.326 e. The van der Waals surface area contributed by atoms with Crippen molar-refractivity contribution in [3.05, 3.63) is 62.6 Å². The first kappa shape index (κ1) is 20.4. The monoisotopic (exact) mass is 444 g/mol. The Bertz CT molecular complexity index is 1060. The number of carbonyl (C=O) groups is 1. The minimum Gasteiger partial charge on any atom is -0.480 e. The number of nitrogens with zero attached hydrogens (tertiary/aromatic N) is 2. The number of sulfone groups is 1. The molecule has 148 valence electrons. The molecule has 2 aromatic rings. The van der Waals surface area contributed by atoms with Crippen LogP contribution in [-0.4, -0.2) is 42.3 Å². The molecule has 0 radical (unpaired) electrons. The molecule has 2 atom stereocenters. The number of carboxylic acids is 1. The van der Waals surface area contributed by atoms with Gasteiger partial charge in [-0.3, -0.25) is 10.1 Å².